The molecule has 1 unspecified atom stereocenters. The molecular formula is C23H35IN4O. The average molecular weight is 510 g/mol. The van der Waals surface area contributed by atoms with E-state index in [2.05, 4.69) is 46.4 Å². The van der Waals surface area contributed by atoms with Gasteiger partial charge in [0.05, 0.1) is 0 Å². The number of carbonyl (C=O) groups is 1. The third-order valence-electron chi connectivity index (χ3n) is 6.94. The molecule has 1 aromatic rings. The summed E-state index contributed by atoms with van der Waals surface area (Å²) in [6.45, 7) is 6.13. The van der Waals surface area contributed by atoms with E-state index in [0.717, 1.165) is 51.4 Å². The molecule has 5 nitrogen and oxygen atoms in total. The molecule has 2 fully saturated rings. The van der Waals surface area contributed by atoms with E-state index in [-0.39, 0.29) is 24.0 Å². The van der Waals surface area contributed by atoms with Gasteiger partial charge < -0.3 is 15.1 Å². The molecule has 6 heteroatoms. The lowest BCUT2D eigenvalue weighted by atomic mass is 9.89. The van der Waals surface area contributed by atoms with E-state index >= 15 is 0 Å². The van der Waals surface area contributed by atoms with Crippen LogP contribution in [0.3, 0.4) is 0 Å². The van der Waals surface area contributed by atoms with Crippen LogP contribution in [-0.2, 0) is 4.79 Å². The predicted octanol–water partition coefficient (Wildman–Crippen LogP) is 4.38. The molecule has 1 N–H and O–H groups in total. The molecule has 2 aliphatic heterocycles. The van der Waals surface area contributed by atoms with Gasteiger partial charge in [0.2, 0.25) is 5.91 Å². The Labute approximate surface area is 192 Å². The Kier molecular flexibility index (Phi) is 7.46. The Morgan fingerprint density at radius 2 is 2.00 bits per heavy atom. The fourth-order valence-electron chi connectivity index (χ4n) is 5.19. The van der Waals surface area contributed by atoms with E-state index in [1.165, 1.54) is 36.9 Å². The number of rotatable bonds is 5. The molecule has 29 heavy (non-hydrogen) atoms. The normalized spacial score (nSPS) is 23.3. The van der Waals surface area contributed by atoms with Gasteiger partial charge in [0.1, 0.15) is 0 Å². The van der Waals surface area contributed by atoms with Crippen molar-refractivity contribution < 1.29 is 4.79 Å². The second kappa shape index (κ2) is 9.67. The van der Waals surface area contributed by atoms with Crippen molar-refractivity contribution in [3.8, 4) is 0 Å². The summed E-state index contributed by atoms with van der Waals surface area (Å²) in [5.41, 5.74) is 3.05. The van der Waals surface area contributed by atoms with Crippen molar-refractivity contribution in [1.29, 1.82) is 0 Å². The van der Waals surface area contributed by atoms with Gasteiger partial charge in [-0.1, -0.05) is 38.0 Å². The number of hydrogen-bond acceptors (Lipinski definition) is 2. The summed E-state index contributed by atoms with van der Waals surface area (Å²) in [5, 5.41) is 3.67. The summed E-state index contributed by atoms with van der Waals surface area (Å²) in [4.78, 5) is 21.0. The van der Waals surface area contributed by atoms with Crippen LogP contribution in [0.1, 0.15) is 63.4 Å². The van der Waals surface area contributed by atoms with Gasteiger partial charge in [-0.15, -0.1) is 24.0 Å². The SMILES string of the molecule is CN=C(NCC1(C)CCCC1)N1CC(CCN2CCCC2=O)c2ccccc21.I. The Bertz CT molecular complexity index is 744. The van der Waals surface area contributed by atoms with Gasteiger partial charge in [0, 0.05) is 51.3 Å². The van der Waals surface area contributed by atoms with E-state index in [1.54, 1.807) is 0 Å². The molecular weight excluding hydrogens is 475 g/mol. The smallest absolute Gasteiger partial charge is 0.222 e. The minimum atomic E-state index is 0. The Hall–Kier alpha value is -1.31. The third-order valence-corrected chi connectivity index (χ3v) is 6.94. The largest absolute Gasteiger partial charge is 0.355 e. The van der Waals surface area contributed by atoms with Gasteiger partial charge in [-0.3, -0.25) is 9.79 Å². The average Bonchev–Trinajstić information content (AvgIpc) is 3.41. The van der Waals surface area contributed by atoms with Crippen LogP contribution in [0, 0.1) is 5.41 Å². The van der Waals surface area contributed by atoms with Gasteiger partial charge in [0.25, 0.3) is 0 Å². The number of hydrogen-bond donors (Lipinski definition) is 1. The number of guanidine groups is 1. The lowest BCUT2D eigenvalue weighted by molar-refractivity contribution is -0.127. The van der Waals surface area contributed by atoms with E-state index in [4.69, 9.17) is 0 Å². The number of halogens is 1. The van der Waals surface area contributed by atoms with Crippen LogP contribution in [0.15, 0.2) is 29.3 Å². The highest BCUT2D eigenvalue weighted by Gasteiger charge is 2.34. The molecule has 0 bridgehead atoms. The summed E-state index contributed by atoms with van der Waals surface area (Å²) >= 11 is 0. The molecule has 1 saturated heterocycles. The molecule has 160 valence electrons. The summed E-state index contributed by atoms with van der Waals surface area (Å²) in [7, 11) is 1.89. The van der Waals surface area contributed by atoms with Crippen LogP contribution in [0.25, 0.3) is 0 Å². The van der Waals surface area contributed by atoms with Crippen LogP contribution < -0.4 is 10.2 Å². The Balaban J connectivity index is 0.00000240. The van der Waals surface area contributed by atoms with Crippen LogP contribution in [0.2, 0.25) is 0 Å². The summed E-state index contributed by atoms with van der Waals surface area (Å²) in [6, 6.07) is 8.70. The molecule has 3 aliphatic rings. The minimum Gasteiger partial charge on any atom is -0.355 e. The summed E-state index contributed by atoms with van der Waals surface area (Å²) in [6.07, 6.45) is 8.07. The van der Waals surface area contributed by atoms with E-state index in [0.29, 0.717) is 17.2 Å². The number of para-hydroxylation sites is 1. The number of nitrogens with zero attached hydrogens (tertiary/aromatic N) is 3. The maximum atomic E-state index is 12.0. The Morgan fingerprint density at radius 1 is 1.24 bits per heavy atom. The van der Waals surface area contributed by atoms with Gasteiger partial charge in [0.15, 0.2) is 5.96 Å². The molecule has 1 aliphatic carbocycles. The van der Waals surface area contributed by atoms with Gasteiger partial charge >= 0.3 is 0 Å². The zero-order chi connectivity index (χ0) is 19.6. The van der Waals surface area contributed by atoms with Crippen molar-refractivity contribution in [2.24, 2.45) is 10.4 Å². The maximum Gasteiger partial charge on any atom is 0.222 e. The first-order valence-corrected chi connectivity index (χ1v) is 10.9. The molecule has 1 amide bonds. The van der Waals surface area contributed by atoms with Crippen molar-refractivity contribution in [1.82, 2.24) is 10.2 Å². The third kappa shape index (κ3) is 4.89. The van der Waals surface area contributed by atoms with E-state index in [1.807, 2.05) is 11.9 Å². The number of benzene rings is 1. The second-order valence-electron chi connectivity index (χ2n) is 9.06. The highest BCUT2D eigenvalue weighted by Crippen LogP contribution is 2.39. The quantitative estimate of drug-likeness (QED) is 0.364. The monoisotopic (exact) mass is 510 g/mol. The van der Waals surface area contributed by atoms with Crippen LogP contribution in [0.4, 0.5) is 5.69 Å². The van der Waals surface area contributed by atoms with Crippen LogP contribution >= 0.6 is 24.0 Å². The fraction of sp³-hybridized carbons (Fsp3) is 0.652. The highest BCUT2D eigenvalue weighted by molar-refractivity contribution is 14.0. The highest BCUT2D eigenvalue weighted by atomic mass is 127. The van der Waals surface area contributed by atoms with E-state index < -0.39 is 0 Å². The standard InChI is InChI=1S/C23H34N4O.HI/c1-23(12-5-6-13-23)17-25-22(24-2)27-16-18(19-8-3-4-9-20(19)27)11-15-26-14-7-10-21(26)28;/h3-4,8-9,18H,5-7,10-17H2,1-2H3,(H,24,25);1H. The second-order valence-corrected chi connectivity index (χ2v) is 9.06. The number of anilines is 1. The van der Waals surface area contributed by atoms with Crippen molar-refractivity contribution >= 4 is 41.5 Å². The topological polar surface area (TPSA) is 47.9 Å². The van der Waals surface area contributed by atoms with Crippen molar-refractivity contribution in [3.63, 3.8) is 0 Å². The number of nitrogens with one attached hydrogen (secondary N) is 1. The molecule has 1 aromatic carbocycles. The Morgan fingerprint density at radius 3 is 2.69 bits per heavy atom. The minimum absolute atomic E-state index is 0. The molecule has 0 aromatic heterocycles. The summed E-state index contributed by atoms with van der Waals surface area (Å²) in [5.74, 6) is 1.76. The number of fused-ring (bicyclic) bond motifs is 1. The summed E-state index contributed by atoms with van der Waals surface area (Å²) < 4.78 is 0. The lowest BCUT2D eigenvalue weighted by Gasteiger charge is -2.29. The predicted molar refractivity (Wildman–Crippen MR) is 130 cm³/mol. The van der Waals surface area contributed by atoms with Crippen LogP contribution in [0.5, 0.6) is 0 Å². The number of likely N-dealkylation sites (tertiary alicyclic amines) is 1. The zero-order valence-electron chi connectivity index (χ0n) is 17.8. The van der Waals surface area contributed by atoms with Crippen molar-refractivity contribution in [2.75, 3.05) is 38.1 Å². The van der Waals surface area contributed by atoms with Crippen molar-refractivity contribution in [2.45, 2.75) is 57.8 Å². The molecule has 2 heterocycles. The molecule has 0 radical (unpaired) electrons. The molecule has 0 spiro atoms. The fourth-order valence-corrected chi connectivity index (χ4v) is 5.19. The number of aliphatic imine (C=N–C) groups is 1. The van der Waals surface area contributed by atoms with Gasteiger partial charge in [-0.25, -0.2) is 0 Å². The van der Waals surface area contributed by atoms with E-state index in [9.17, 15) is 4.79 Å². The zero-order valence-corrected chi connectivity index (χ0v) is 20.2. The number of carbonyl (C=O) groups excluding carboxylic acids is 1. The van der Waals surface area contributed by atoms with Gasteiger partial charge in [-0.05, 0) is 42.7 Å². The number of amides is 1. The molecule has 1 saturated carbocycles. The first-order valence-electron chi connectivity index (χ1n) is 10.9. The maximum absolute atomic E-state index is 12.0. The molecule has 4 rings (SSSR count). The first-order chi connectivity index (χ1) is 13.6. The van der Waals surface area contributed by atoms with Crippen molar-refractivity contribution in [3.05, 3.63) is 29.8 Å². The van der Waals surface area contributed by atoms with Gasteiger partial charge in [-0.2, -0.15) is 0 Å². The lowest BCUT2D eigenvalue weighted by Crippen LogP contribution is -2.44. The first kappa shape index (κ1) is 22.4. The molecule has 1 atom stereocenters. The van der Waals surface area contributed by atoms with Crippen LogP contribution in [-0.4, -0.2) is 50.0 Å².